The van der Waals surface area contributed by atoms with E-state index in [1.807, 2.05) is 20.8 Å². The summed E-state index contributed by atoms with van der Waals surface area (Å²) >= 11 is 1.36. The molecule has 1 aromatic carbocycles. The molecule has 8 heteroatoms. The molecule has 1 atom stereocenters. The number of halogens is 3. The number of alkyl halides is 3. The molecule has 0 N–H and O–H groups in total. The molecule has 0 aliphatic carbocycles. The van der Waals surface area contributed by atoms with Gasteiger partial charge >= 0.3 is 6.18 Å². The van der Waals surface area contributed by atoms with Gasteiger partial charge in [0.15, 0.2) is 5.16 Å². The third kappa shape index (κ3) is 4.41. The van der Waals surface area contributed by atoms with E-state index in [0.717, 1.165) is 17.7 Å². The van der Waals surface area contributed by atoms with Gasteiger partial charge in [-0.1, -0.05) is 37.7 Å². The van der Waals surface area contributed by atoms with Gasteiger partial charge in [0.05, 0.1) is 25.8 Å². The second-order valence-corrected chi connectivity index (χ2v) is 7.59. The lowest BCUT2D eigenvalue weighted by molar-refractivity contribution is -0.137. The highest BCUT2D eigenvalue weighted by Gasteiger charge is 2.35. The summed E-state index contributed by atoms with van der Waals surface area (Å²) in [5.41, 5.74) is 0.0903. The van der Waals surface area contributed by atoms with Crippen LogP contribution in [-0.4, -0.2) is 24.2 Å². The summed E-state index contributed by atoms with van der Waals surface area (Å²) < 4.78 is 48.3. The van der Waals surface area contributed by atoms with Gasteiger partial charge in [-0.15, -0.1) is 0 Å². The van der Waals surface area contributed by atoms with Crippen LogP contribution < -0.4 is 9.47 Å². The number of thioether (sulfide) groups is 1. The number of methoxy groups -OCH3 is 2. The van der Waals surface area contributed by atoms with E-state index in [0.29, 0.717) is 16.9 Å². The van der Waals surface area contributed by atoms with Crippen molar-refractivity contribution < 1.29 is 22.6 Å². The molecule has 0 aliphatic heterocycles. The van der Waals surface area contributed by atoms with Crippen LogP contribution in [0.25, 0.3) is 0 Å². The highest BCUT2D eigenvalue weighted by Crippen LogP contribution is 2.46. The SMILES string of the molecule is COc1cc(OC)nc(SC(C)(c2ccc(C(F)(F)F)cc2)C(C)C)n1. The van der Waals surface area contributed by atoms with Crippen LogP contribution in [0.5, 0.6) is 11.8 Å². The van der Waals surface area contributed by atoms with E-state index in [4.69, 9.17) is 9.47 Å². The fraction of sp³-hybridized carbons (Fsp3) is 0.444. The lowest BCUT2D eigenvalue weighted by Gasteiger charge is -2.33. The minimum absolute atomic E-state index is 0.102. The molecule has 0 spiro atoms. The third-order valence-corrected chi connectivity index (χ3v) is 5.76. The highest BCUT2D eigenvalue weighted by atomic mass is 32.2. The first-order valence-electron chi connectivity index (χ1n) is 7.94. The van der Waals surface area contributed by atoms with E-state index >= 15 is 0 Å². The molecule has 26 heavy (non-hydrogen) atoms. The number of rotatable bonds is 6. The van der Waals surface area contributed by atoms with Crippen LogP contribution in [-0.2, 0) is 10.9 Å². The van der Waals surface area contributed by atoms with Crippen LogP contribution in [0.1, 0.15) is 31.9 Å². The van der Waals surface area contributed by atoms with Crippen LogP contribution >= 0.6 is 11.8 Å². The minimum Gasteiger partial charge on any atom is -0.481 e. The molecule has 1 unspecified atom stereocenters. The zero-order chi connectivity index (χ0) is 19.5. The summed E-state index contributed by atoms with van der Waals surface area (Å²) in [5, 5.41) is 0.428. The maximum Gasteiger partial charge on any atom is 0.416 e. The van der Waals surface area contributed by atoms with Crippen LogP contribution in [0, 0.1) is 5.92 Å². The van der Waals surface area contributed by atoms with Crippen molar-refractivity contribution in [3.8, 4) is 11.8 Å². The van der Waals surface area contributed by atoms with Crippen molar-refractivity contribution in [2.45, 2.75) is 36.9 Å². The quantitative estimate of drug-likeness (QED) is 0.506. The average molecular weight is 386 g/mol. The molecule has 0 saturated heterocycles. The maximum absolute atomic E-state index is 12.8. The molecule has 142 valence electrons. The lowest BCUT2D eigenvalue weighted by Crippen LogP contribution is -2.25. The van der Waals surface area contributed by atoms with Gasteiger partial charge in [-0.05, 0) is 30.5 Å². The molecule has 0 radical (unpaired) electrons. The molecule has 4 nitrogen and oxygen atoms in total. The fourth-order valence-electron chi connectivity index (χ4n) is 2.33. The summed E-state index contributed by atoms with van der Waals surface area (Å²) in [6.07, 6.45) is -4.36. The molecular weight excluding hydrogens is 365 g/mol. The Morgan fingerprint density at radius 2 is 1.38 bits per heavy atom. The molecule has 1 heterocycles. The molecule has 0 aliphatic rings. The molecule has 0 amide bonds. The van der Waals surface area contributed by atoms with Crippen molar-refractivity contribution in [1.29, 1.82) is 0 Å². The van der Waals surface area contributed by atoms with Crippen molar-refractivity contribution in [3.05, 3.63) is 41.5 Å². The zero-order valence-electron chi connectivity index (χ0n) is 15.2. The molecule has 0 saturated carbocycles. The van der Waals surface area contributed by atoms with Gasteiger partial charge in [-0.3, -0.25) is 0 Å². The number of hydrogen-bond acceptors (Lipinski definition) is 5. The fourth-order valence-corrected chi connectivity index (χ4v) is 3.47. The Morgan fingerprint density at radius 1 is 0.923 bits per heavy atom. The van der Waals surface area contributed by atoms with Gasteiger partial charge in [-0.2, -0.15) is 23.1 Å². The van der Waals surface area contributed by atoms with Crippen molar-refractivity contribution in [2.75, 3.05) is 14.2 Å². The van der Waals surface area contributed by atoms with Crippen molar-refractivity contribution in [1.82, 2.24) is 9.97 Å². The highest BCUT2D eigenvalue weighted by molar-refractivity contribution is 8.00. The van der Waals surface area contributed by atoms with Gasteiger partial charge in [0, 0.05) is 4.75 Å². The Labute approximate surface area is 155 Å². The van der Waals surface area contributed by atoms with Gasteiger partial charge in [0.2, 0.25) is 11.8 Å². The molecule has 0 bridgehead atoms. The Hall–Kier alpha value is -1.96. The number of hydrogen-bond donors (Lipinski definition) is 0. The standard InChI is InChI=1S/C18H21F3N2O2S/c1-11(2)17(3,12-6-8-13(9-7-12)18(19,20)21)26-16-22-14(24-4)10-15(23-16)25-5/h6-11H,1-5H3. The van der Waals surface area contributed by atoms with E-state index in [1.54, 1.807) is 6.07 Å². The maximum atomic E-state index is 12.8. The first-order chi connectivity index (χ1) is 12.1. The Kier molecular flexibility index (Phi) is 6.05. The van der Waals surface area contributed by atoms with E-state index in [2.05, 4.69) is 9.97 Å². The lowest BCUT2D eigenvalue weighted by atomic mass is 9.88. The summed E-state index contributed by atoms with van der Waals surface area (Å²) in [4.78, 5) is 8.64. The van der Waals surface area contributed by atoms with Crippen LogP contribution in [0.2, 0.25) is 0 Å². The smallest absolute Gasteiger partial charge is 0.416 e. The predicted octanol–water partition coefficient (Wildman–Crippen LogP) is 5.18. The van der Waals surface area contributed by atoms with Gasteiger partial charge in [-0.25, -0.2) is 0 Å². The first-order valence-corrected chi connectivity index (χ1v) is 8.75. The summed E-state index contributed by atoms with van der Waals surface area (Å²) in [5.74, 6) is 0.820. The van der Waals surface area contributed by atoms with Gasteiger partial charge in [0.25, 0.3) is 0 Å². The molecule has 1 aromatic heterocycles. The van der Waals surface area contributed by atoms with Crippen molar-refractivity contribution in [3.63, 3.8) is 0 Å². The van der Waals surface area contributed by atoms with E-state index in [-0.39, 0.29) is 5.92 Å². The number of nitrogens with zero attached hydrogens (tertiary/aromatic N) is 2. The van der Waals surface area contributed by atoms with E-state index in [1.165, 1.54) is 38.1 Å². The van der Waals surface area contributed by atoms with Crippen LogP contribution in [0.15, 0.2) is 35.5 Å². The largest absolute Gasteiger partial charge is 0.481 e. The number of benzene rings is 1. The third-order valence-electron chi connectivity index (χ3n) is 4.27. The summed E-state index contributed by atoms with van der Waals surface area (Å²) in [6, 6.07) is 6.78. The summed E-state index contributed by atoms with van der Waals surface area (Å²) in [7, 11) is 2.99. The summed E-state index contributed by atoms with van der Waals surface area (Å²) in [6.45, 7) is 5.96. The van der Waals surface area contributed by atoms with Crippen LogP contribution in [0.4, 0.5) is 13.2 Å². The Balaban J connectivity index is 2.41. The van der Waals surface area contributed by atoms with Gasteiger partial charge in [0.1, 0.15) is 0 Å². The molecular formula is C18H21F3N2O2S. The normalized spacial score (nSPS) is 14.2. The topological polar surface area (TPSA) is 44.2 Å². The Morgan fingerprint density at radius 3 is 1.77 bits per heavy atom. The monoisotopic (exact) mass is 386 g/mol. The zero-order valence-corrected chi connectivity index (χ0v) is 16.0. The van der Waals surface area contributed by atoms with Crippen molar-refractivity contribution in [2.24, 2.45) is 5.92 Å². The Bertz CT molecular complexity index is 729. The van der Waals surface area contributed by atoms with Crippen molar-refractivity contribution >= 4 is 11.8 Å². The predicted molar refractivity (Wildman–Crippen MR) is 94.6 cm³/mol. The average Bonchev–Trinajstić information content (AvgIpc) is 2.60. The number of ether oxygens (including phenoxy) is 2. The number of aromatic nitrogens is 2. The minimum atomic E-state index is -4.36. The van der Waals surface area contributed by atoms with Gasteiger partial charge < -0.3 is 9.47 Å². The van der Waals surface area contributed by atoms with E-state index < -0.39 is 16.5 Å². The second-order valence-electron chi connectivity index (χ2n) is 6.17. The first kappa shape index (κ1) is 20.4. The molecule has 0 fully saturated rings. The molecule has 2 aromatic rings. The second kappa shape index (κ2) is 7.73. The van der Waals surface area contributed by atoms with E-state index in [9.17, 15) is 13.2 Å². The van der Waals surface area contributed by atoms with Crippen LogP contribution in [0.3, 0.4) is 0 Å². The molecule has 2 rings (SSSR count).